The third-order valence-electron chi connectivity index (χ3n) is 13.2. The summed E-state index contributed by atoms with van der Waals surface area (Å²) in [5.41, 5.74) is 1.12. The predicted molar refractivity (Wildman–Crippen MR) is 157 cm³/mol. The molecule has 3 N–H and O–H groups in total. The summed E-state index contributed by atoms with van der Waals surface area (Å²) >= 11 is 0. The number of rotatable bonds is 6. The minimum atomic E-state index is -0.504. The summed E-state index contributed by atoms with van der Waals surface area (Å²) in [6.07, 6.45) is 11.2. The van der Waals surface area contributed by atoms with Gasteiger partial charge in [-0.15, -0.1) is 0 Å². The molecule has 1 aliphatic heterocycles. The number of ether oxygens (including phenoxy) is 1. The molecule has 5 fully saturated rings. The van der Waals surface area contributed by atoms with E-state index in [0.29, 0.717) is 41.9 Å². The molecular weight excluding hydrogens is 498 g/mol. The van der Waals surface area contributed by atoms with E-state index in [4.69, 9.17) is 4.74 Å². The summed E-state index contributed by atoms with van der Waals surface area (Å²) in [7, 11) is 0. The van der Waals surface area contributed by atoms with Crippen molar-refractivity contribution >= 4 is 5.97 Å². The Morgan fingerprint density at radius 3 is 2.40 bits per heavy atom. The normalized spacial score (nSPS) is 43.2. The van der Waals surface area contributed by atoms with E-state index in [1.807, 2.05) is 18.2 Å². The van der Waals surface area contributed by atoms with Crippen molar-refractivity contribution in [3.8, 4) is 0 Å². The maximum atomic E-state index is 13.3. The van der Waals surface area contributed by atoms with E-state index < -0.39 is 5.60 Å². The number of esters is 1. The lowest BCUT2D eigenvalue weighted by atomic mass is 9.43. The van der Waals surface area contributed by atoms with Gasteiger partial charge < -0.3 is 20.3 Å². The molecule has 222 valence electrons. The van der Waals surface area contributed by atoms with Gasteiger partial charge in [0.2, 0.25) is 0 Å². The van der Waals surface area contributed by atoms with Crippen molar-refractivity contribution in [2.24, 2.45) is 46.3 Å². The third-order valence-corrected chi connectivity index (χ3v) is 13.2. The van der Waals surface area contributed by atoms with Gasteiger partial charge in [-0.1, -0.05) is 51.1 Å². The second kappa shape index (κ2) is 11.0. The summed E-state index contributed by atoms with van der Waals surface area (Å²) in [4.78, 5) is 13.3. The Bertz CT molecular complexity index is 1040. The molecule has 1 aromatic carbocycles. The van der Waals surface area contributed by atoms with Crippen molar-refractivity contribution in [2.45, 2.75) is 116 Å². The van der Waals surface area contributed by atoms with Crippen molar-refractivity contribution in [3.05, 3.63) is 35.9 Å². The fourth-order valence-corrected chi connectivity index (χ4v) is 11.0. The first-order chi connectivity index (χ1) is 19.2. The zero-order valence-corrected chi connectivity index (χ0v) is 25.1. The molecule has 2 unspecified atom stereocenters. The van der Waals surface area contributed by atoms with Crippen molar-refractivity contribution < 1.29 is 19.7 Å². The molecule has 5 nitrogen and oxygen atoms in total. The number of fused-ring (bicyclic) bond motifs is 5. The number of carbonyl (C=O) groups excluding carboxylic acids is 1. The van der Waals surface area contributed by atoms with Crippen LogP contribution in [-0.4, -0.2) is 41.5 Å². The molecule has 6 rings (SSSR count). The molecule has 0 bridgehead atoms. The Kier molecular flexibility index (Phi) is 7.89. The number of benzene rings is 1. The Hall–Kier alpha value is -1.43. The third kappa shape index (κ3) is 4.86. The highest BCUT2D eigenvalue weighted by molar-refractivity contribution is 5.70. The summed E-state index contributed by atoms with van der Waals surface area (Å²) in [5.74, 6) is 3.01. The van der Waals surface area contributed by atoms with Gasteiger partial charge in [0.05, 0.1) is 12.2 Å². The molecule has 0 aromatic heterocycles. The lowest BCUT2D eigenvalue weighted by Crippen LogP contribution is -2.58. The second-order valence-corrected chi connectivity index (χ2v) is 15.1. The van der Waals surface area contributed by atoms with Crippen molar-refractivity contribution in [3.63, 3.8) is 0 Å². The molecule has 1 heterocycles. The van der Waals surface area contributed by atoms with Gasteiger partial charge in [-0.05, 0) is 123 Å². The minimum absolute atomic E-state index is 0.0535. The molecule has 5 heteroatoms. The summed E-state index contributed by atoms with van der Waals surface area (Å²) in [6.45, 7) is 9.11. The van der Waals surface area contributed by atoms with Crippen LogP contribution in [0, 0.1) is 46.3 Å². The van der Waals surface area contributed by atoms with E-state index in [2.05, 4.69) is 38.2 Å². The van der Waals surface area contributed by atoms with Crippen LogP contribution >= 0.6 is 0 Å². The van der Waals surface area contributed by atoms with Crippen molar-refractivity contribution in [2.75, 3.05) is 13.1 Å². The molecule has 10 atom stereocenters. The highest BCUT2D eigenvalue weighted by Gasteiger charge is 2.62. The Labute approximate surface area is 241 Å². The number of carbonyl (C=O) groups is 1. The highest BCUT2D eigenvalue weighted by atomic mass is 16.6. The molecule has 40 heavy (non-hydrogen) atoms. The lowest BCUT2D eigenvalue weighted by molar-refractivity contribution is -0.174. The van der Waals surface area contributed by atoms with Gasteiger partial charge in [0, 0.05) is 19.3 Å². The molecule has 0 radical (unpaired) electrons. The second-order valence-electron chi connectivity index (χ2n) is 15.1. The van der Waals surface area contributed by atoms with E-state index in [1.165, 1.54) is 25.7 Å². The fraction of sp³-hybridized carbons (Fsp3) is 0.800. The van der Waals surface area contributed by atoms with Gasteiger partial charge in [0.25, 0.3) is 0 Å². The van der Waals surface area contributed by atoms with Crippen LogP contribution in [0.2, 0.25) is 0 Å². The van der Waals surface area contributed by atoms with Gasteiger partial charge >= 0.3 is 5.97 Å². The van der Waals surface area contributed by atoms with Crippen LogP contribution in [-0.2, 0) is 15.1 Å². The Morgan fingerprint density at radius 2 is 1.65 bits per heavy atom. The van der Waals surface area contributed by atoms with Gasteiger partial charge in [-0.25, -0.2) is 0 Å². The largest absolute Gasteiger partial charge is 0.454 e. The van der Waals surface area contributed by atoms with Gasteiger partial charge in [0.15, 0.2) is 0 Å². The quantitative estimate of drug-likeness (QED) is 0.366. The van der Waals surface area contributed by atoms with Crippen molar-refractivity contribution in [1.29, 1.82) is 0 Å². The zero-order valence-electron chi connectivity index (χ0n) is 25.1. The summed E-state index contributed by atoms with van der Waals surface area (Å²) < 4.78 is 6.33. The number of hydrogen-bond acceptors (Lipinski definition) is 5. The minimum Gasteiger partial charge on any atom is -0.454 e. The van der Waals surface area contributed by atoms with Gasteiger partial charge in [0.1, 0.15) is 5.60 Å². The van der Waals surface area contributed by atoms with E-state index in [0.717, 1.165) is 63.6 Å². The zero-order chi connectivity index (χ0) is 28.1. The molecule has 1 aromatic rings. The van der Waals surface area contributed by atoms with Gasteiger partial charge in [-0.2, -0.15) is 0 Å². The van der Waals surface area contributed by atoms with Gasteiger partial charge in [-0.3, -0.25) is 4.79 Å². The number of nitrogens with one attached hydrogen (secondary N) is 1. The van der Waals surface area contributed by atoms with Crippen LogP contribution in [0.15, 0.2) is 30.3 Å². The predicted octanol–water partition coefficient (Wildman–Crippen LogP) is 6.22. The molecule has 4 aliphatic carbocycles. The monoisotopic (exact) mass is 551 g/mol. The fourth-order valence-electron chi connectivity index (χ4n) is 11.0. The average molecular weight is 552 g/mol. The number of hydrogen-bond donors (Lipinski definition) is 3. The topological polar surface area (TPSA) is 78.8 Å². The first kappa shape index (κ1) is 28.7. The SMILES string of the molecule is C[C@H](CCC(=O)OC1(c2ccccc2)CCNCC1)[C@H]1CC[C@H]2[C@@H]3C(O)C[C@@H]4CC(O)CC[C@]4(C)[C@H]3CC[C@]12C. The van der Waals surface area contributed by atoms with Crippen LogP contribution < -0.4 is 5.32 Å². The van der Waals surface area contributed by atoms with Crippen LogP contribution in [0.5, 0.6) is 0 Å². The first-order valence-electron chi connectivity index (χ1n) is 16.5. The number of aliphatic hydroxyl groups is 2. The summed E-state index contributed by atoms with van der Waals surface area (Å²) in [5, 5.41) is 25.3. The molecule has 4 saturated carbocycles. The highest BCUT2D eigenvalue weighted by Crippen LogP contribution is 2.68. The van der Waals surface area contributed by atoms with Crippen LogP contribution in [0.3, 0.4) is 0 Å². The molecule has 0 spiro atoms. The molecule has 1 saturated heterocycles. The maximum Gasteiger partial charge on any atom is 0.306 e. The molecule has 5 aliphatic rings. The molecular formula is C35H53NO4. The summed E-state index contributed by atoms with van der Waals surface area (Å²) in [6, 6.07) is 10.3. The van der Waals surface area contributed by atoms with E-state index in [-0.39, 0.29) is 29.0 Å². The van der Waals surface area contributed by atoms with Crippen LogP contribution in [0.25, 0.3) is 0 Å². The number of aliphatic hydroxyl groups excluding tert-OH is 2. The maximum absolute atomic E-state index is 13.3. The van der Waals surface area contributed by atoms with E-state index in [9.17, 15) is 15.0 Å². The number of piperidine rings is 1. The van der Waals surface area contributed by atoms with Crippen LogP contribution in [0.4, 0.5) is 0 Å². The Balaban J connectivity index is 1.11. The average Bonchev–Trinajstić information content (AvgIpc) is 3.31. The molecule has 0 amide bonds. The smallest absolute Gasteiger partial charge is 0.306 e. The van der Waals surface area contributed by atoms with Crippen LogP contribution in [0.1, 0.15) is 103 Å². The standard InChI is InChI=1S/C35H53NO4/c1-23(9-12-31(39)40-35(17-19-36-20-18-35)24-7-5-4-6-8-24)27-10-11-28-32-29(14-16-34(27,28)3)33(2)15-13-26(37)21-25(33)22-30(32)38/h4-8,23,25-30,32,36-38H,9-22H2,1-3H3/t23-,25+,26?,27-,28+,29+,30?,32+,33+,34-/m1/s1. The van der Waals surface area contributed by atoms with E-state index in [1.54, 1.807) is 0 Å². The van der Waals surface area contributed by atoms with Crippen molar-refractivity contribution in [1.82, 2.24) is 5.32 Å². The first-order valence-corrected chi connectivity index (χ1v) is 16.5. The lowest BCUT2D eigenvalue weighted by Gasteiger charge is -2.62. The van der Waals surface area contributed by atoms with E-state index >= 15 is 0 Å². The Morgan fingerprint density at radius 1 is 0.950 bits per heavy atom.